The normalized spacial score (nSPS) is 26.0. The molecule has 2 heterocycles. The molecular weight excluding hydrogens is 284 g/mol. The molecule has 2 saturated heterocycles. The summed E-state index contributed by atoms with van der Waals surface area (Å²) in [5.41, 5.74) is 1.98. The van der Waals surface area contributed by atoms with E-state index in [1.54, 1.807) is 0 Å². The smallest absolute Gasteiger partial charge is 0.234 e. The summed E-state index contributed by atoms with van der Waals surface area (Å²) in [5, 5.41) is 11.6. The highest BCUT2D eigenvalue weighted by Crippen LogP contribution is 2.27. The number of nitrogens with one attached hydrogen (secondary N) is 1. The number of hydrogen-bond acceptors (Lipinski definition) is 5. The molecule has 2 aliphatic heterocycles. The zero-order chi connectivity index (χ0) is 15.5. The van der Waals surface area contributed by atoms with Gasteiger partial charge in [-0.25, -0.2) is 0 Å². The van der Waals surface area contributed by atoms with E-state index in [4.69, 9.17) is 4.74 Å². The van der Waals surface area contributed by atoms with Gasteiger partial charge in [-0.2, -0.15) is 0 Å². The number of aliphatic hydroxyl groups excluding tert-OH is 1. The van der Waals surface area contributed by atoms with Gasteiger partial charge in [-0.1, -0.05) is 12.1 Å². The van der Waals surface area contributed by atoms with Gasteiger partial charge in [-0.05, 0) is 24.1 Å². The first kappa shape index (κ1) is 15.0. The van der Waals surface area contributed by atoms with Crippen molar-refractivity contribution < 1.29 is 19.4 Å². The second-order valence-electron chi connectivity index (χ2n) is 5.72. The highest BCUT2D eigenvalue weighted by molar-refractivity contribution is 6.00. The molecule has 22 heavy (non-hydrogen) atoms. The lowest BCUT2D eigenvalue weighted by Crippen LogP contribution is -2.44. The van der Waals surface area contributed by atoms with Gasteiger partial charge in [0.25, 0.3) is 0 Å². The van der Waals surface area contributed by atoms with Crippen LogP contribution >= 0.6 is 0 Å². The van der Waals surface area contributed by atoms with Crippen LogP contribution in [0.5, 0.6) is 0 Å². The predicted molar refractivity (Wildman–Crippen MR) is 80.6 cm³/mol. The van der Waals surface area contributed by atoms with Crippen LogP contribution in [0.25, 0.3) is 0 Å². The average molecular weight is 304 g/mol. The molecular formula is C16H20N2O4. The number of morpholine rings is 1. The lowest BCUT2D eigenvalue weighted by molar-refractivity contribution is -0.134. The number of piperidine rings is 1. The van der Waals surface area contributed by atoms with E-state index in [9.17, 15) is 14.7 Å². The van der Waals surface area contributed by atoms with Crippen molar-refractivity contribution in [1.82, 2.24) is 5.32 Å². The molecule has 2 N–H and O–H groups in total. The summed E-state index contributed by atoms with van der Waals surface area (Å²) in [6.07, 6.45) is 0.803. The molecule has 0 aromatic heterocycles. The first-order valence-electron chi connectivity index (χ1n) is 7.58. The van der Waals surface area contributed by atoms with E-state index in [2.05, 4.69) is 10.2 Å². The van der Waals surface area contributed by atoms with Crippen molar-refractivity contribution in [3.63, 3.8) is 0 Å². The molecule has 0 saturated carbocycles. The molecule has 2 aliphatic rings. The Kier molecular flexibility index (Phi) is 4.40. The summed E-state index contributed by atoms with van der Waals surface area (Å²) in [7, 11) is 0. The molecule has 6 heteroatoms. The Morgan fingerprint density at radius 3 is 2.73 bits per heavy atom. The topological polar surface area (TPSA) is 78.9 Å². The Labute approximate surface area is 129 Å². The molecule has 118 valence electrons. The van der Waals surface area contributed by atoms with Gasteiger partial charge in [0.1, 0.15) is 0 Å². The summed E-state index contributed by atoms with van der Waals surface area (Å²) < 4.78 is 5.45. The van der Waals surface area contributed by atoms with E-state index in [0.717, 1.165) is 17.8 Å². The number of anilines is 1. The van der Waals surface area contributed by atoms with Gasteiger partial charge < -0.3 is 14.7 Å². The molecule has 0 bridgehead atoms. The molecule has 1 aromatic carbocycles. The molecule has 0 radical (unpaired) electrons. The Morgan fingerprint density at radius 2 is 2.05 bits per heavy atom. The SMILES string of the molecule is O=C1CCC(c2ccc(N3CCOC(CO)C3)cc2)C(=O)N1. The van der Waals surface area contributed by atoms with Crippen molar-refractivity contribution in [3.05, 3.63) is 29.8 Å². The Morgan fingerprint density at radius 1 is 1.27 bits per heavy atom. The van der Waals surface area contributed by atoms with Gasteiger partial charge in [0, 0.05) is 25.2 Å². The molecule has 3 rings (SSSR count). The van der Waals surface area contributed by atoms with Crippen molar-refractivity contribution >= 4 is 17.5 Å². The number of imide groups is 1. The van der Waals surface area contributed by atoms with Gasteiger partial charge in [0.2, 0.25) is 11.8 Å². The number of aliphatic hydroxyl groups is 1. The van der Waals surface area contributed by atoms with Crippen LogP contribution in [0, 0.1) is 0 Å². The Balaban J connectivity index is 1.70. The van der Waals surface area contributed by atoms with E-state index in [1.165, 1.54) is 0 Å². The summed E-state index contributed by atoms with van der Waals surface area (Å²) in [6, 6.07) is 7.86. The first-order chi connectivity index (χ1) is 10.7. The van der Waals surface area contributed by atoms with Gasteiger partial charge in [-0.15, -0.1) is 0 Å². The zero-order valence-corrected chi connectivity index (χ0v) is 12.3. The maximum atomic E-state index is 11.9. The van der Waals surface area contributed by atoms with Crippen molar-refractivity contribution in [1.29, 1.82) is 0 Å². The second kappa shape index (κ2) is 6.46. The van der Waals surface area contributed by atoms with Gasteiger partial charge in [0.05, 0.1) is 25.2 Å². The van der Waals surface area contributed by atoms with Gasteiger partial charge >= 0.3 is 0 Å². The van der Waals surface area contributed by atoms with Crippen LogP contribution in [0.3, 0.4) is 0 Å². The minimum atomic E-state index is -0.248. The monoisotopic (exact) mass is 304 g/mol. The van der Waals surface area contributed by atoms with E-state index in [0.29, 0.717) is 26.0 Å². The fourth-order valence-electron chi connectivity index (χ4n) is 2.99. The number of carbonyl (C=O) groups is 2. The Bertz CT molecular complexity index is 558. The summed E-state index contributed by atoms with van der Waals surface area (Å²) in [4.78, 5) is 25.3. The third kappa shape index (κ3) is 3.13. The number of hydrogen-bond donors (Lipinski definition) is 2. The van der Waals surface area contributed by atoms with E-state index in [1.807, 2.05) is 24.3 Å². The van der Waals surface area contributed by atoms with Crippen LogP contribution in [-0.2, 0) is 14.3 Å². The highest BCUT2D eigenvalue weighted by atomic mass is 16.5. The maximum Gasteiger partial charge on any atom is 0.234 e. The van der Waals surface area contributed by atoms with Crippen LogP contribution in [0.4, 0.5) is 5.69 Å². The molecule has 1 aromatic rings. The number of nitrogens with zero attached hydrogens (tertiary/aromatic N) is 1. The minimum absolute atomic E-state index is 0.0187. The molecule has 2 unspecified atom stereocenters. The number of benzene rings is 1. The van der Waals surface area contributed by atoms with Crippen LogP contribution in [0.1, 0.15) is 24.3 Å². The van der Waals surface area contributed by atoms with Crippen LogP contribution in [0.2, 0.25) is 0 Å². The number of amides is 2. The number of rotatable bonds is 3. The number of ether oxygens (including phenoxy) is 1. The molecule has 2 amide bonds. The number of carbonyl (C=O) groups excluding carboxylic acids is 2. The maximum absolute atomic E-state index is 11.9. The zero-order valence-electron chi connectivity index (χ0n) is 12.3. The molecule has 2 atom stereocenters. The first-order valence-corrected chi connectivity index (χ1v) is 7.58. The fourth-order valence-corrected chi connectivity index (χ4v) is 2.99. The minimum Gasteiger partial charge on any atom is -0.394 e. The molecule has 6 nitrogen and oxygen atoms in total. The third-order valence-corrected chi connectivity index (χ3v) is 4.24. The lowest BCUT2D eigenvalue weighted by atomic mass is 9.90. The molecule has 2 fully saturated rings. The molecule has 0 spiro atoms. The van der Waals surface area contributed by atoms with E-state index in [-0.39, 0.29) is 30.4 Å². The van der Waals surface area contributed by atoms with E-state index < -0.39 is 0 Å². The lowest BCUT2D eigenvalue weighted by Gasteiger charge is -2.34. The highest BCUT2D eigenvalue weighted by Gasteiger charge is 2.28. The predicted octanol–water partition coefficient (Wildman–Crippen LogP) is 0.404. The van der Waals surface area contributed by atoms with Gasteiger partial charge in [0.15, 0.2) is 0 Å². The summed E-state index contributed by atoms with van der Waals surface area (Å²) >= 11 is 0. The van der Waals surface area contributed by atoms with Crippen LogP contribution < -0.4 is 10.2 Å². The van der Waals surface area contributed by atoms with Crippen LogP contribution in [-0.4, -0.2) is 49.3 Å². The van der Waals surface area contributed by atoms with Crippen molar-refractivity contribution in [3.8, 4) is 0 Å². The Hall–Kier alpha value is -1.92. The van der Waals surface area contributed by atoms with Crippen molar-refractivity contribution in [2.24, 2.45) is 0 Å². The van der Waals surface area contributed by atoms with E-state index >= 15 is 0 Å². The second-order valence-corrected chi connectivity index (χ2v) is 5.72. The fraction of sp³-hybridized carbons (Fsp3) is 0.500. The van der Waals surface area contributed by atoms with Crippen molar-refractivity contribution in [2.45, 2.75) is 24.9 Å². The standard InChI is InChI=1S/C16H20N2O4/c19-10-13-9-18(7-8-22-13)12-3-1-11(2-4-12)14-5-6-15(20)17-16(14)21/h1-4,13-14,19H,5-10H2,(H,17,20,21). The average Bonchev–Trinajstić information content (AvgIpc) is 2.55. The summed E-state index contributed by atoms with van der Waals surface area (Å²) in [6.45, 7) is 2.06. The quantitative estimate of drug-likeness (QED) is 0.791. The third-order valence-electron chi connectivity index (χ3n) is 4.24. The summed E-state index contributed by atoms with van der Waals surface area (Å²) in [5.74, 6) is -0.654. The molecule has 0 aliphatic carbocycles. The largest absolute Gasteiger partial charge is 0.394 e. The van der Waals surface area contributed by atoms with Gasteiger partial charge in [-0.3, -0.25) is 14.9 Å². The van der Waals surface area contributed by atoms with Crippen molar-refractivity contribution in [2.75, 3.05) is 31.2 Å². The van der Waals surface area contributed by atoms with Crippen LogP contribution in [0.15, 0.2) is 24.3 Å².